The first-order chi connectivity index (χ1) is 6.93. The highest BCUT2D eigenvalue weighted by Crippen LogP contribution is 2.35. The van der Waals surface area contributed by atoms with Crippen molar-refractivity contribution in [2.45, 2.75) is 31.6 Å². The van der Waals surface area contributed by atoms with Gasteiger partial charge >= 0.3 is 0 Å². The van der Waals surface area contributed by atoms with Gasteiger partial charge in [-0.25, -0.2) is 4.98 Å². The molecule has 4 nitrogen and oxygen atoms in total. The van der Waals surface area contributed by atoms with Crippen LogP contribution in [0.1, 0.15) is 24.6 Å². The number of aromatic nitrogens is 2. The van der Waals surface area contributed by atoms with E-state index in [1.807, 2.05) is 12.5 Å². The normalized spacial score (nSPS) is 22.3. The molecule has 0 spiro atoms. The molecule has 1 aromatic rings. The minimum atomic E-state index is 0.414. The second-order valence-electron chi connectivity index (χ2n) is 4.11. The number of imidazole rings is 1. The SMILES string of the molecule is c1ncn(C2CC2)c1COC1CNC1. The van der Waals surface area contributed by atoms with Crippen LogP contribution in [0.2, 0.25) is 0 Å². The average molecular weight is 193 g/mol. The van der Waals surface area contributed by atoms with Crippen LogP contribution < -0.4 is 5.32 Å². The van der Waals surface area contributed by atoms with E-state index >= 15 is 0 Å². The van der Waals surface area contributed by atoms with Crippen molar-refractivity contribution in [3.63, 3.8) is 0 Å². The van der Waals surface area contributed by atoms with E-state index in [4.69, 9.17) is 4.74 Å². The molecule has 0 radical (unpaired) electrons. The van der Waals surface area contributed by atoms with Crippen molar-refractivity contribution >= 4 is 0 Å². The number of rotatable bonds is 4. The van der Waals surface area contributed by atoms with Gasteiger partial charge in [0.05, 0.1) is 30.9 Å². The van der Waals surface area contributed by atoms with E-state index < -0.39 is 0 Å². The lowest BCUT2D eigenvalue weighted by Gasteiger charge is -2.27. The maximum absolute atomic E-state index is 5.72. The second kappa shape index (κ2) is 3.37. The molecule has 1 saturated heterocycles. The van der Waals surface area contributed by atoms with E-state index in [1.165, 1.54) is 18.5 Å². The molecule has 0 amide bonds. The van der Waals surface area contributed by atoms with E-state index in [1.54, 1.807) is 0 Å². The Balaban J connectivity index is 1.60. The van der Waals surface area contributed by atoms with Crippen LogP contribution in [0.5, 0.6) is 0 Å². The first-order valence-corrected chi connectivity index (χ1v) is 5.26. The molecular formula is C10H15N3O. The van der Waals surface area contributed by atoms with Gasteiger partial charge in [-0.2, -0.15) is 0 Å². The molecule has 0 atom stereocenters. The van der Waals surface area contributed by atoms with Crippen molar-refractivity contribution in [2.75, 3.05) is 13.1 Å². The van der Waals surface area contributed by atoms with Gasteiger partial charge in [-0.05, 0) is 12.8 Å². The Morgan fingerprint density at radius 2 is 2.36 bits per heavy atom. The Labute approximate surface area is 83.3 Å². The summed E-state index contributed by atoms with van der Waals surface area (Å²) < 4.78 is 7.97. The van der Waals surface area contributed by atoms with Gasteiger partial charge in [-0.1, -0.05) is 0 Å². The van der Waals surface area contributed by atoms with Gasteiger partial charge in [0.1, 0.15) is 0 Å². The molecule has 4 heteroatoms. The molecule has 1 aliphatic heterocycles. The molecule has 2 aliphatic rings. The molecule has 76 valence electrons. The minimum absolute atomic E-state index is 0.414. The van der Waals surface area contributed by atoms with Crippen molar-refractivity contribution < 1.29 is 4.74 Å². The average Bonchev–Trinajstić information content (AvgIpc) is 2.85. The molecular weight excluding hydrogens is 178 g/mol. The summed E-state index contributed by atoms with van der Waals surface area (Å²) in [5.74, 6) is 0. The van der Waals surface area contributed by atoms with Gasteiger partial charge in [0.2, 0.25) is 0 Å². The molecule has 1 saturated carbocycles. The van der Waals surface area contributed by atoms with Crippen LogP contribution in [-0.2, 0) is 11.3 Å². The number of ether oxygens (including phenoxy) is 1. The lowest BCUT2D eigenvalue weighted by molar-refractivity contribution is 0.00478. The highest BCUT2D eigenvalue weighted by molar-refractivity contribution is 5.02. The predicted octanol–water partition coefficient (Wildman–Crippen LogP) is 0.706. The maximum Gasteiger partial charge on any atom is 0.0951 e. The van der Waals surface area contributed by atoms with Crippen molar-refractivity contribution in [3.8, 4) is 0 Å². The molecule has 0 unspecified atom stereocenters. The summed E-state index contributed by atoms with van der Waals surface area (Å²) in [6.45, 7) is 2.71. The van der Waals surface area contributed by atoms with Crippen molar-refractivity contribution in [1.82, 2.24) is 14.9 Å². The molecule has 2 heterocycles. The van der Waals surface area contributed by atoms with Gasteiger partial charge in [0, 0.05) is 19.1 Å². The quantitative estimate of drug-likeness (QED) is 0.765. The summed E-state index contributed by atoms with van der Waals surface area (Å²) >= 11 is 0. The largest absolute Gasteiger partial charge is 0.369 e. The molecule has 1 aliphatic carbocycles. The number of hydrogen-bond acceptors (Lipinski definition) is 3. The first-order valence-electron chi connectivity index (χ1n) is 5.26. The fraction of sp³-hybridized carbons (Fsp3) is 0.700. The van der Waals surface area contributed by atoms with Crippen molar-refractivity contribution in [3.05, 3.63) is 18.2 Å². The molecule has 1 aromatic heterocycles. The van der Waals surface area contributed by atoms with Crippen molar-refractivity contribution in [1.29, 1.82) is 0 Å². The zero-order valence-electron chi connectivity index (χ0n) is 8.15. The van der Waals surface area contributed by atoms with Crippen LogP contribution >= 0.6 is 0 Å². The highest BCUT2D eigenvalue weighted by atomic mass is 16.5. The molecule has 1 N–H and O–H groups in total. The summed E-state index contributed by atoms with van der Waals surface area (Å²) in [6, 6.07) is 0.704. The zero-order chi connectivity index (χ0) is 9.38. The van der Waals surface area contributed by atoms with Gasteiger partial charge < -0.3 is 14.6 Å². The second-order valence-corrected chi connectivity index (χ2v) is 4.11. The van der Waals surface area contributed by atoms with Crippen LogP contribution in [0.3, 0.4) is 0 Å². The molecule has 3 rings (SSSR count). The third-order valence-corrected chi connectivity index (χ3v) is 2.90. The molecule has 0 bridgehead atoms. The summed E-state index contributed by atoms with van der Waals surface area (Å²) in [5, 5.41) is 3.19. The number of hydrogen-bond donors (Lipinski definition) is 1. The molecule has 0 aromatic carbocycles. The maximum atomic E-state index is 5.72. The highest BCUT2D eigenvalue weighted by Gasteiger charge is 2.25. The van der Waals surface area contributed by atoms with Gasteiger partial charge in [-0.15, -0.1) is 0 Å². The van der Waals surface area contributed by atoms with Crippen LogP contribution in [0.4, 0.5) is 0 Å². The van der Waals surface area contributed by atoms with Crippen LogP contribution in [0.25, 0.3) is 0 Å². The van der Waals surface area contributed by atoms with Crippen LogP contribution in [-0.4, -0.2) is 28.7 Å². The number of nitrogens with zero attached hydrogens (tertiary/aromatic N) is 2. The fourth-order valence-electron chi connectivity index (χ4n) is 1.71. The molecule has 2 fully saturated rings. The summed E-state index contributed by atoms with van der Waals surface area (Å²) in [6.07, 6.45) is 6.86. The number of nitrogens with one attached hydrogen (secondary N) is 1. The van der Waals surface area contributed by atoms with E-state index in [0.29, 0.717) is 18.8 Å². The van der Waals surface area contributed by atoms with Crippen molar-refractivity contribution in [2.24, 2.45) is 0 Å². The fourth-order valence-corrected chi connectivity index (χ4v) is 1.71. The van der Waals surface area contributed by atoms with E-state index in [0.717, 1.165) is 13.1 Å². The van der Waals surface area contributed by atoms with Crippen LogP contribution in [0.15, 0.2) is 12.5 Å². The van der Waals surface area contributed by atoms with Gasteiger partial charge in [0.25, 0.3) is 0 Å². The first kappa shape index (κ1) is 8.44. The summed E-state index contributed by atoms with van der Waals surface area (Å²) in [4.78, 5) is 4.17. The lowest BCUT2D eigenvalue weighted by atomic mass is 10.2. The zero-order valence-corrected chi connectivity index (χ0v) is 8.15. The van der Waals surface area contributed by atoms with Gasteiger partial charge in [-0.3, -0.25) is 0 Å². The Bertz CT molecular complexity index is 315. The minimum Gasteiger partial charge on any atom is -0.369 e. The Kier molecular flexibility index (Phi) is 2.03. The topological polar surface area (TPSA) is 39.1 Å². The van der Waals surface area contributed by atoms with Gasteiger partial charge in [0.15, 0.2) is 0 Å². The smallest absolute Gasteiger partial charge is 0.0951 e. The molecule has 14 heavy (non-hydrogen) atoms. The third kappa shape index (κ3) is 1.55. The van der Waals surface area contributed by atoms with E-state index in [-0.39, 0.29) is 0 Å². The van der Waals surface area contributed by atoms with Crippen LogP contribution in [0, 0.1) is 0 Å². The monoisotopic (exact) mass is 193 g/mol. The Morgan fingerprint density at radius 3 is 3.00 bits per heavy atom. The van der Waals surface area contributed by atoms with E-state index in [9.17, 15) is 0 Å². The third-order valence-electron chi connectivity index (χ3n) is 2.90. The Hall–Kier alpha value is -0.870. The van der Waals surface area contributed by atoms with E-state index in [2.05, 4.69) is 14.9 Å². The Morgan fingerprint density at radius 1 is 1.50 bits per heavy atom. The predicted molar refractivity (Wildman–Crippen MR) is 51.9 cm³/mol. The standard InChI is InChI=1S/C10H15N3O/c1-2-8(1)13-7-12-3-9(13)6-14-10-4-11-5-10/h3,7-8,10-11H,1-2,4-6H2. The summed E-state index contributed by atoms with van der Waals surface area (Å²) in [7, 11) is 0. The lowest BCUT2D eigenvalue weighted by Crippen LogP contribution is -2.48. The summed E-state index contributed by atoms with van der Waals surface area (Å²) in [5.41, 5.74) is 1.22.